The van der Waals surface area contributed by atoms with Crippen LogP contribution < -0.4 is 9.47 Å². The Morgan fingerprint density at radius 2 is 1.68 bits per heavy atom. The lowest BCUT2D eigenvalue weighted by molar-refractivity contribution is -0.152. The number of ether oxygens (including phenoxy) is 3. The third-order valence-corrected chi connectivity index (χ3v) is 5.29. The molecule has 2 aliphatic rings. The van der Waals surface area contributed by atoms with E-state index in [1.807, 2.05) is 0 Å². The van der Waals surface area contributed by atoms with Gasteiger partial charge in [-0.15, -0.1) is 0 Å². The molecule has 1 aliphatic heterocycles. The van der Waals surface area contributed by atoms with Gasteiger partial charge in [-0.05, 0) is 25.0 Å². The Bertz CT molecular complexity index is 780. The Hall–Kier alpha value is -2.90. The van der Waals surface area contributed by atoms with Crippen molar-refractivity contribution in [1.82, 2.24) is 4.90 Å². The number of Topliss-reactive ketones (excluding diaryl/α,β-unsaturated/α-hetero) is 1. The molecular weight excluding hydrogens is 366 g/mol. The van der Waals surface area contributed by atoms with Crippen LogP contribution in [0.5, 0.6) is 11.5 Å². The molecule has 150 valence electrons. The fourth-order valence-electron chi connectivity index (χ4n) is 3.81. The van der Waals surface area contributed by atoms with Crippen LogP contribution in [0.15, 0.2) is 18.2 Å². The van der Waals surface area contributed by atoms with Crippen molar-refractivity contribution in [3.63, 3.8) is 0 Å². The summed E-state index contributed by atoms with van der Waals surface area (Å²) < 4.78 is 15.2. The van der Waals surface area contributed by atoms with Crippen LogP contribution in [0.2, 0.25) is 0 Å². The molecule has 2 atom stereocenters. The Labute approximate surface area is 162 Å². The Balaban J connectivity index is 1.58. The maximum absolute atomic E-state index is 12.4. The Morgan fingerprint density at radius 3 is 2.25 bits per heavy atom. The summed E-state index contributed by atoms with van der Waals surface area (Å²) in [6, 6.07) is 4.67. The van der Waals surface area contributed by atoms with Crippen molar-refractivity contribution in [2.24, 2.45) is 11.8 Å². The number of fused-ring (bicyclic) bond motifs is 1. The van der Waals surface area contributed by atoms with Crippen molar-refractivity contribution in [2.45, 2.75) is 25.7 Å². The zero-order valence-corrected chi connectivity index (χ0v) is 15.9. The van der Waals surface area contributed by atoms with Crippen molar-refractivity contribution < 1.29 is 33.4 Å². The van der Waals surface area contributed by atoms with Crippen LogP contribution in [0, 0.1) is 11.8 Å². The third kappa shape index (κ3) is 3.85. The summed E-state index contributed by atoms with van der Waals surface area (Å²) in [6.07, 6.45) is 3.18. The molecule has 0 aromatic heterocycles. The smallest absolute Gasteiger partial charge is 0.326 e. The van der Waals surface area contributed by atoms with E-state index >= 15 is 0 Å². The predicted octanol–water partition coefficient (Wildman–Crippen LogP) is 1.60. The second kappa shape index (κ2) is 8.41. The maximum atomic E-state index is 12.4. The van der Waals surface area contributed by atoms with E-state index in [4.69, 9.17) is 14.2 Å². The van der Waals surface area contributed by atoms with Gasteiger partial charge in [0.1, 0.15) is 18.0 Å². The first-order valence-electron chi connectivity index (χ1n) is 9.22. The van der Waals surface area contributed by atoms with Gasteiger partial charge in [-0.1, -0.05) is 12.8 Å². The molecule has 1 aliphatic carbocycles. The van der Waals surface area contributed by atoms with Crippen LogP contribution in [-0.4, -0.2) is 55.8 Å². The molecule has 8 nitrogen and oxygen atoms in total. The molecule has 28 heavy (non-hydrogen) atoms. The number of benzene rings is 1. The zero-order chi connectivity index (χ0) is 20.3. The quantitative estimate of drug-likeness (QED) is 0.397. The highest BCUT2D eigenvalue weighted by atomic mass is 16.5. The van der Waals surface area contributed by atoms with Gasteiger partial charge >= 0.3 is 5.97 Å². The molecule has 8 heteroatoms. The van der Waals surface area contributed by atoms with E-state index in [9.17, 15) is 19.2 Å². The summed E-state index contributed by atoms with van der Waals surface area (Å²) in [7, 11) is 2.91. The number of hydrogen-bond acceptors (Lipinski definition) is 7. The molecule has 0 spiro atoms. The van der Waals surface area contributed by atoms with Crippen LogP contribution in [0.3, 0.4) is 0 Å². The summed E-state index contributed by atoms with van der Waals surface area (Å²) >= 11 is 0. The highest BCUT2D eigenvalue weighted by molar-refractivity contribution is 6.07. The minimum Gasteiger partial charge on any atom is -0.497 e. The number of rotatable bonds is 7. The number of hydrogen-bond donors (Lipinski definition) is 0. The molecule has 3 rings (SSSR count). The van der Waals surface area contributed by atoms with Crippen molar-refractivity contribution in [2.75, 3.05) is 27.4 Å². The summed E-state index contributed by atoms with van der Waals surface area (Å²) in [5.41, 5.74) is 0.246. The molecule has 1 saturated carbocycles. The van der Waals surface area contributed by atoms with E-state index in [2.05, 4.69) is 0 Å². The van der Waals surface area contributed by atoms with Crippen LogP contribution in [0.4, 0.5) is 0 Å². The van der Waals surface area contributed by atoms with Crippen LogP contribution in [0.1, 0.15) is 36.0 Å². The first kappa shape index (κ1) is 19.9. The number of carbonyl (C=O) groups is 4. The van der Waals surface area contributed by atoms with Gasteiger partial charge in [0.05, 0.1) is 31.6 Å². The molecule has 0 N–H and O–H groups in total. The fourth-order valence-corrected chi connectivity index (χ4v) is 3.81. The van der Waals surface area contributed by atoms with E-state index < -0.39 is 24.9 Å². The summed E-state index contributed by atoms with van der Waals surface area (Å²) in [6.45, 7) is -0.970. The second-order valence-electron chi connectivity index (χ2n) is 6.91. The van der Waals surface area contributed by atoms with Gasteiger partial charge in [0.25, 0.3) is 0 Å². The average Bonchev–Trinajstić information content (AvgIpc) is 2.96. The van der Waals surface area contributed by atoms with Crippen LogP contribution >= 0.6 is 0 Å². The van der Waals surface area contributed by atoms with E-state index in [-0.39, 0.29) is 29.2 Å². The highest BCUT2D eigenvalue weighted by Crippen LogP contribution is 2.37. The van der Waals surface area contributed by atoms with Crippen molar-refractivity contribution >= 4 is 23.6 Å². The molecule has 1 aromatic carbocycles. The number of methoxy groups -OCH3 is 2. The molecule has 1 aromatic rings. The number of carbonyl (C=O) groups excluding carboxylic acids is 4. The van der Waals surface area contributed by atoms with Gasteiger partial charge in [-0.25, -0.2) is 0 Å². The van der Waals surface area contributed by atoms with E-state index in [0.29, 0.717) is 24.3 Å². The van der Waals surface area contributed by atoms with Crippen LogP contribution in [0.25, 0.3) is 0 Å². The number of nitrogens with zero attached hydrogens (tertiary/aromatic N) is 1. The van der Waals surface area contributed by atoms with Crippen molar-refractivity contribution in [1.29, 1.82) is 0 Å². The SMILES string of the molecule is COc1ccc(C(=O)COC(=O)CN2C(=O)[C@H]3CCCC[C@H]3C2=O)c(OC)c1. The number of likely N-dealkylation sites (tertiary alicyclic amines) is 1. The summed E-state index contributed by atoms with van der Waals surface area (Å²) in [5, 5.41) is 0. The average molecular weight is 389 g/mol. The molecule has 2 fully saturated rings. The number of esters is 1. The zero-order valence-electron chi connectivity index (χ0n) is 15.9. The first-order valence-corrected chi connectivity index (χ1v) is 9.22. The first-order chi connectivity index (χ1) is 13.5. The maximum Gasteiger partial charge on any atom is 0.326 e. The van der Waals surface area contributed by atoms with Crippen molar-refractivity contribution in [3.8, 4) is 11.5 Å². The normalized spacial score (nSPS) is 21.3. The molecule has 1 heterocycles. The summed E-state index contributed by atoms with van der Waals surface area (Å²) in [4.78, 5) is 50.2. The minimum absolute atomic E-state index is 0.246. The van der Waals surface area contributed by atoms with E-state index in [1.54, 1.807) is 12.1 Å². The fraction of sp³-hybridized carbons (Fsp3) is 0.500. The lowest BCUT2D eigenvalue weighted by Crippen LogP contribution is -2.37. The van der Waals surface area contributed by atoms with E-state index in [1.165, 1.54) is 20.3 Å². The number of amides is 2. The lowest BCUT2D eigenvalue weighted by atomic mass is 9.81. The van der Waals surface area contributed by atoms with Gasteiger partial charge < -0.3 is 14.2 Å². The minimum atomic E-state index is -0.791. The largest absolute Gasteiger partial charge is 0.497 e. The predicted molar refractivity (Wildman–Crippen MR) is 97.0 cm³/mol. The molecule has 2 amide bonds. The lowest BCUT2D eigenvalue weighted by Gasteiger charge is -2.19. The monoisotopic (exact) mass is 389 g/mol. The Kier molecular flexibility index (Phi) is 5.96. The van der Waals surface area contributed by atoms with Crippen LogP contribution in [-0.2, 0) is 19.1 Å². The molecular formula is C20H23NO7. The van der Waals surface area contributed by atoms with Gasteiger partial charge in [0, 0.05) is 6.07 Å². The number of imide groups is 1. The molecule has 0 radical (unpaired) electrons. The molecule has 1 saturated heterocycles. The highest BCUT2D eigenvalue weighted by Gasteiger charge is 2.48. The Morgan fingerprint density at radius 1 is 1.04 bits per heavy atom. The summed E-state index contributed by atoms with van der Waals surface area (Å²) in [5.74, 6) is -1.68. The van der Waals surface area contributed by atoms with Crippen molar-refractivity contribution in [3.05, 3.63) is 23.8 Å². The molecule has 0 bridgehead atoms. The van der Waals surface area contributed by atoms with Gasteiger partial charge in [-0.3, -0.25) is 24.1 Å². The van der Waals surface area contributed by atoms with Gasteiger partial charge in [0.2, 0.25) is 17.6 Å². The van der Waals surface area contributed by atoms with E-state index in [0.717, 1.165) is 17.7 Å². The standard InChI is InChI=1S/C20H23NO7/c1-26-12-7-8-15(17(9-12)27-2)16(22)11-28-18(23)10-21-19(24)13-5-3-4-6-14(13)20(21)25/h7-9,13-14H,3-6,10-11H2,1-2H3/t13-,14+. The third-order valence-electron chi connectivity index (χ3n) is 5.29. The van der Waals surface area contributed by atoms with Gasteiger partial charge in [-0.2, -0.15) is 0 Å². The molecule has 0 unspecified atom stereocenters. The van der Waals surface area contributed by atoms with Gasteiger partial charge in [0.15, 0.2) is 6.61 Å². The number of ketones is 1. The topological polar surface area (TPSA) is 99.2 Å². The second-order valence-corrected chi connectivity index (χ2v) is 6.91.